The van der Waals surface area contributed by atoms with E-state index >= 15 is 0 Å². The number of hydrogen-bond acceptors (Lipinski definition) is 13. The largest absolute Gasteiger partial charge is 0.506 e. The van der Waals surface area contributed by atoms with Crippen LogP contribution in [0.5, 0.6) is 23.0 Å². The van der Waals surface area contributed by atoms with Crippen molar-refractivity contribution in [1.29, 1.82) is 0 Å². The zero-order valence-corrected chi connectivity index (χ0v) is 23.3. The predicted molar refractivity (Wildman–Crippen MR) is 137 cm³/mol. The molecule has 2 unspecified atom stereocenters. The highest BCUT2D eigenvalue weighted by molar-refractivity contribution is 7.86. The van der Waals surface area contributed by atoms with Crippen molar-refractivity contribution in [2.45, 2.75) is 21.9 Å². The molecule has 2 atom stereocenters. The minimum Gasteiger partial charge on any atom is -0.506 e. The van der Waals surface area contributed by atoms with Crippen LogP contribution < -0.4 is 14.8 Å². The van der Waals surface area contributed by atoms with Crippen LogP contribution in [0.2, 0.25) is 0 Å². The van der Waals surface area contributed by atoms with Crippen LogP contribution in [0, 0.1) is 0 Å². The molecule has 42 heavy (non-hydrogen) atoms. The lowest BCUT2D eigenvalue weighted by Gasteiger charge is -2.29. The van der Waals surface area contributed by atoms with Crippen LogP contribution in [0.15, 0.2) is 34.1 Å². The van der Waals surface area contributed by atoms with E-state index < -0.39 is 102 Å². The molecule has 0 saturated heterocycles. The van der Waals surface area contributed by atoms with Gasteiger partial charge >= 0.3 is 17.9 Å². The van der Waals surface area contributed by atoms with E-state index in [1.807, 2.05) is 0 Å². The Hall–Kier alpha value is -4.21. The molecule has 20 heteroatoms. The summed E-state index contributed by atoms with van der Waals surface area (Å²) in [6.07, 6.45) is 0. The smallest absolute Gasteiger partial charge is 0.325 e. The quantitative estimate of drug-likeness (QED) is 0.114. The van der Waals surface area contributed by atoms with Gasteiger partial charge in [-0.15, -0.1) is 0 Å². The summed E-state index contributed by atoms with van der Waals surface area (Å²) in [6.45, 7) is -2.24. The van der Waals surface area contributed by atoms with E-state index in [0.29, 0.717) is 11.0 Å². The van der Waals surface area contributed by atoms with Gasteiger partial charge in [-0.2, -0.15) is 16.8 Å². The van der Waals surface area contributed by atoms with Crippen molar-refractivity contribution >= 4 is 38.1 Å². The van der Waals surface area contributed by atoms with Crippen LogP contribution in [0.1, 0.15) is 23.2 Å². The number of benzene rings is 2. The molecule has 2 aromatic carbocycles. The van der Waals surface area contributed by atoms with Gasteiger partial charge < -0.3 is 35.0 Å². The standard InChI is InChI=1S/C22H26N2O16S2/c1-39-10-5-12(19(27)14(7-10)41(33,34)35)17(21(29)30)23-3-4-24(9-16(25)26)18(22(31)32)13-6-11(40-2)8-15(20(13)28)42(36,37)38/h5-8,17-18,23,27-28H,3-4,9H2,1-2H3,(H,25,26)(H,29,30)(H,31,32)(H,33,34,35)(H,36,37,38). The molecular formula is C22H26N2O16S2. The number of carboxylic acid groups (broad SMARTS) is 3. The van der Waals surface area contributed by atoms with Gasteiger partial charge in [-0.3, -0.25) is 33.7 Å². The highest BCUT2D eigenvalue weighted by atomic mass is 32.2. The molecule has 0 aliphatic carbocycles. The van der Waals surface area contributed by atoms with Gasteiger partial charge in [0, 0.05) is 36.3 Å². The normalized spacial score (nSPS) is 13.4. The fourth-order valence-electron chi connectivity index (χ4n) is 3.91. The molecule has 0 amide bonds. The van der Waals surface area contributed by atoms with E-state index in [1.165, 1.54) is 0 Å². The van der Waals surface area contributed by atoms with Crippen LogP contribution in [0.3, 0.4) is 0 Å². The van der Waals surface area contributed by atoms with Crippen LogP contribution >= 0.6 is 0 Å². The number of aliphatic carboxylic acids is 3. The van der Waals surface area contributed by atoms with Gasteiger partial charge in [0.2, 0.25) is 0 Å². The lowest BCUT2D eigenvalue weighted by atomic mass is 10.0. The lowest BCUT2D eigenvalue weighted by molar-refractivity contribution is -0.147. The second-order valence-corrected chi connectivity index (χ2v) is 11.2. The molecule has 2 aromatic rings. The monoisotopic (exact) mass is 638 g/mol. The van der Waals surface area contributed by atoms with Gasteiger partial charge in [-0.25, -0.2) is 0 Å². The van der Waals surface area contributed by atoms with Gasteiger partial charge in [0.15, 0.2) is 0 Å². The number of phenolic OH excluding ortho intramolecular Hbond substituents is 2. The molecule has 0 fully saturated rings. The fourth-order valence-corrected chi connectivity index (χ4v) is 5.16. The number of nitrogens with one attached hydrogen (secondary N) is 1. The molecule has 0 spiro atoms. The Bertz CT molecular complexity index is 1590. The number of rotatable bonds is 15. The third kappa shape index (κ3) is 7.96. The van der Waals surface area contributed by atoms with E-state index in [4.69, 9.17) is 9.47 Å². The second kappa shape index (κ2) is 13.2. The van der Waals surface area contributed by atoms with Gasteiger partial charge in [0.05, 0.1) is 20.8 Å². The zero-order chi connectivity index (χ0) is 32.2. The molecular weight excluding hydrogens is 612 g/mol. The summed E-state index contributed by atoms with van der Waals surface area (Å²) in [5.41, 5.74) is -1.30. The summed E-state index contributed by atoms with van der Waals surface area (Å²) in [6, 6.07) is -0.785. The van der Waals surface area contributed by atoms with Gasteiger partial charge in [0.25, 0.3) is 20.2 Å². The summed E-state index contributed by atoms with van der Waals surface area (Å²) in [5, 5.41) is 52.4. The lowest BCUT2D eigenvalue weighted by Crippen LogP contribution is -2.43. The zero-order valence-electron chi connectivity index (χ0n) is 21.7. The summed E-state index contributed by atoms with van der Waals surface area (Å²) < 4.78 is 75.5. The van der Waals surface area contributed by atoms with Crippen molar-refractivity contribution in [1.82, 2.24) is 10.2 Å². The van der Waals surface area contributed by atoms with Crippen LogP contribution in [0.4, 0.5) is 0 Å². The molecule has 232 valence electrons. The maximum Gasteiger partial charge on any atom is 0.325 e. The minimum atomic E-state index is -5.12. The first-order valence-electron chi connectivity index (χ1n) is 11.2. The van der Waals surface area contributed by atoms with Crippen LogP contribution in [0.25, 0.3) is 0 Å². The Morgan fingerprint density at radius 3 is 1.64 bits per heavy atom. The van der Waals surface area contributed by atoms with Crippen molar-refractivity contribution in [2.75, 3.05) is 33.9 Å². The highest BCUT2D eigenvalue weighted by Gasteiger charge is 2.35. The highest BCUT2D eigenvalue weighted by Crippen LogP contribution is 2.38. The number of carbonyl (C=O) groups is 3. The number of aromatic hydroxyl groups is 2. The third-order valence-corrected chi connectivity index (χ3v) is 7.45. The van der Waals surface area contributed by atoms with E-state index in [2.05, 4.69) is 5.32 Å². The maximum absolute atomic E-state index is 12.3. The average Bonchev–Trinajstić information content (AvgIpc) is 2.85. The fraction of sp³-hybridized carbons (Fsp3) is 0.318. The van der Waals surface area contributed by atoms with E-state index in [9.17, 15) is 65.9 Å². The van der Waals surface area contributed by atoms with Crippen molar-refractivity contribution in [2.24, 2.45) is 0 Å². The van der Waals surface area contributed by atoms with Gasteiger partial charge in [0.1, 0.15) is 44.9 Å². The number of carboxylic acids is 3. The Morgan fingerprint density at radius 2 is 1.26 bits per heavy atom. The molecule has 0 radical (unpaired) electrons. The Kier molecular flexibility index (Phi) is 10.7. The molecule has 8 N–H and O–H groups in total. The molecule has 18 nitrogen and oxygen atoms in total. The molecule has 2 rings (SSSR count). The van der Waals surface area contributed by atoms with E-state index in [-0.39, 0.29) is 11.5 Å². The number of phenols is 2. The summed E-state index contributed by atoms with van der Waals surface area (Å²) in [5.74, 6) is -8.05. The van der Waals surface area contributed by atoms with Gasteiger partial charge in [-0.05, 0) is 12.1 Å². The molecule has 0 aliphatic rings. The number of nitrogens with zero attached hydrogens (tertiary/aromatic N) is 1. The second-order valence-electron chi connectivity index (χ2n) is 8.41. The van der Waals surface area contributed by atoms with Crippen molar-refractivity contribution in [3.63, 3.8) is 0 Å². The SMILES string of the molecule is COc1cc(C(NCCN(CC(=O)O)C(C(=O)O)c2cc(OC)cc(S(=O)(=O)O)c2O)C(=O)O)c(O)c(S(=O)(=O)O)c1. The first kappa shape index (κ1) is 34.0. The summed E-state index contributed by atoms with van der Waals surface area (Å²) in [7, 11) is -8.02. The first-order valence-corrected chi connectivity index (χ1v) is 14.1. The first-order chi connectivity index (χ1) is 19.3. The Labute approximate surface area is 237 Å². The van der Waals surface area contributed by atoms with Crippen molar-refractivity contribution in [3.8, 4) is 23.0 Å². The third-order valence-electron chi connectivity index (χ3n) is 5.72. The molecule has 0 aliphatic heterocycles. The average molecular weight is 639 g/mol. The van der Waals surface area contributed by atoms with Crippen molar-refractivity contribution < 1.29 is 75.3 Å². The molecule has 0 heterocycles. The minimum absolute atomic E-state index is 0.273. The van der Waals surface area contributed by atoms with E-state index in [1.54, 1.807) is 0 Å². The van der Waals surface area contributed by atoms with E-state index in [0.717, 1.165) is 32.4 Å². The predicted octanol–water partition coefficient (Wildman–Crippen LogP) is -0.464. The van der Waals surface area contributed by atoms with Crippen LogP contribution in [-0.2, 0) is 34.6 Å². The van der Waals surface area contributed by atoms with Crippen molar-refractivity contribution in [3.05, 3.63) is 35.4 Å². The summed E-state index contributed by atoms with van der Waals surface area (Å²) in [4.78, 5) is 34.3. The number of methoxy groups -OCH3 is 2. The molecule has 0 aromatic heterocycles. The molecule has 0 bridgehead atoms. The Morgan fingerprint density at radius 1 is 0.810 bits per heavy atom. The number of ether oxygens (including phenoxy) is 2. The summed E-state index contributed by atoms with van der Waals surface area (Å²) >= 11 is 0. The maximum atomic E-state index is 12.3. The van der Waals surface area contributed by atoms with Gasteiger partial charge in [-0.1, -0.05) is 0 Å². The number of hydrogen-bond donors (Lipinski definition) is 8. The topological polar surface area (TPSA) is 295 Å². The Balaban J connectivity index is 2.55. The molecule has 0 saturated carbocycles. The van der Waals surface area contributed by atoms with Crippen LogP contribution in [-0.4, -0.2) is 108 Å².